The van der Waals surface area contributed by atoms with E-state index in [0.717, 1.165) is 6.54 Å². The second-order valence-corrected chi connectivity index (χ2v) is 6.21. The van der Waals surface area contributed by atoms with E-state index in [0.29, 0.717) is 6.04 Å². The summed E-state index contributed by atoms with van der Waals surface area (Å²) in [5.74, 6) is 1.24. The third-order valence-corrected chi connectivity index (χ3v) is 4.43. The van der Waals surface area contributed by atoms with Crippen molar-refractivity contribution in [3.05, 3.63) is 29.3 Å². The monoisotopic (exact) mass is 265 g/mol. The highest BCUT2D eigenvalue weighted by Crippen LogP contribution is 2.24. The molecule has 0 aromatic heterocycles. The molecule has 0 amide bonds. The number of aryl methyl sites for hydroxylation is 2. The predicted molar refractivity (Wildman–Crippen MR) is 83.6 cm³/mol. The summed E-state index contributed by atoms with van der Waals surface area (Å²) in [5.41, 5.74) is 2.78. The average Bonchev–Trinajstić information content (AvgIpc) is 2.31. The van der Waals surface area contributed by atoms with Crippen LogP contribution < -0.4 is 5.32 Å². The Morgan fingerprint density at radius 3 is 2.67 bits per heavy atom. The van der Waals surface area contributed by atoms with E-state index in [9.17, 15) is 0 Å². The van der Waals surface area contributed by atoms with Gasteiger partial charge in [-0.1, -0.05) is 31.0 Å². The zero-order valence-electron chi connectivity index (χ0n) is 12.3. The lowest BCUT2D eigenvalue weighted by molar-refractivity contribution is 0.510. The summed E-state index contributed by atoms with van der Waals surface area (Å²) in [5, 5.41) is 3.46. The van der Waals surface area contributed by atoms with Crippen LogP contribution in [0.2, 0.25) is 0 Å². The van der Waals surface area contributed by atoms with Crippen molar-refractivity contribution in [2.24, 2.45) is 0 Å². The van der Waals surface area contributed by atoms with Crippen LogP contribution in [-0.4, -0.2) is 18.3 Å². The molecule has 2 heteroatoms. The van der Waals surface area contributed by atoms with Crippen molar-refractivity contribution < 1.29 is 0 Å². The maximum atomic E-state index is 3.46. The van der Waals surface area contributed by atoms with E-state index in [1.54, 1.807) is 0 Å². The topological polar surface area (TPSA) is 12.0 Å². The van der Waals surface area contributed by atoms with Gasteiger partial charge in [-0.25, -0.2) is 0 Å². The van der Waals surface area contributed by atoms with Gasteiger partial charge in [-0.2, -0.15) is 0 Å². The lowest BCUT2D eigenvalue weighted by atomic mass is 10.1. The van der Waals surface area contributed by atoms with Crippen LogP contribution in [0.25, 0.3) is 0 Å². The normalized spacial score (nSPS) is 12.7. The highest BCUT2D eigenvalue weighted by atomic mass is 32.2. The number of thioether (sulfide) groups is 1. The molecule has 0 aliphatic rings. The van der Waals surface area contributed by atoms with Crippen molar-refractivity contribution in [3.63, 3.8) is 0 Å². The number of unbranched alkanes of at least 4 members (excludes halogenated alkanes) is 1. The highest BCUT2D eigenvalue weighted by Gasteiger charge is 2.01. The van der Waals surface area contributed by atoms with Crippen molar-refractivity contribution in [2.45, 2.75) is 57.9 Å². The van der Waals surface area contributed by atoms with E-state index in [4.69, 9.17) is 0 Å². The summed E-state index contributed by atoms with van der Waals surface area (Å²) in [7, 11) is 0. The molecule has 1 rings (SSSR count). The van der Waals surface area contributed by atoms with Crippen LogP contribution in [0.3, 0.4) is 0 Å². The molecule has 1 aromatic rings. The van der Waals surface area contributed by atoms with Gasteiger partial charge in [0, 0.05) is 10.9 Å². The Balaban J connectivity index is 2.18. The lowest BCUT2D eigenvalue weighted by Gasteiger charge is -2.11. The smallest absolute Gasteiger partial charge is 0.0101 e. The zero-order chi connectivity index (χ0) is 13.4. The third kappa shape index (κ3) is 5.92. The summed E-state index contributed by atoms with van der Waals surface area (Å²) < 4.78 is 0. The summed E-state index contributed by atoms with van der Waals surface area (Å²) in [6, 6.07) is 7.41. The van der Waals surface area contributed by atoms with E-state index < -0.39 is 0 Å². The lowest BCUT2D eigenvalue weighted by Crippen LogP contribution is -2.25. The van der Waals surface area contributed by atoms with E-state index in [1.165, 1.54) is 41.0 Å². The van der Waals surface area contributed by atoms with Gasteiger partial charge in [-0.05, 0) is 57.5 Å². The first-order valence-electron chi connectivity index (χ1n) is 7.07. The minimum absolute atomic E-state index is 0.668. The van der Waals surface area contributed by atoms with Crippen LogP contribution in [-0.2, 0) is 0 Å². The van der Waals surface area contributed by atoms with Crippen LogP contribution in [0.5, 0.6) is 0 Å². The maximum absolute atomic E-state index is 3.46. The minimum Gasteiger partial charge on any atom is -0.315 e. The molecule has 18 heavy (non-hydrogen) atoms. The Labute approximate surface area is 117 Å². The fraction of sp³-hybridized carbons (Fsp3) is 0.625. The molecule has 1 aromatic carbocycles. The van der Waals surface area contributed by atoms with Crippen molar-refractivity contribution in [1.29, 1.82) is 0 Å². The molecular weight excluding hydrogens is 238 g/mol. The van der Waals surface area contributed by atoms with E-state index in [2.05, 4.69) is 51.2 Å². The molecule has 0 aliphatic heterocycles. The molecule has 0 radical (unpaired) electrons. The molecule has 0 saturated carbocycles. The number of benzene rings is 1. The second-order valence-electron chi connectivity index (χ2n) is 5.07. The fourth-order valence-electron chi connectivity index (χ4n) is 2.15. The summed E-state index contributed by atoms with van der Waals surface area (Å²) in [4.78, 5) is 1.44. The van der Waals surface area contributed by atoms with Crippen LogP contribution in [0.15, 0.2) is 23.1 Å². The fourth-order valence-corrected chi connectivity index (χ4v) is 3.17. The molecule has 1 N–H and O–H groups in total. The Kier molecular flexibility index (Phi) is 7.45. The molecule has 0 fully saturated rings. The summed E-state index contributed by atoms with van der Waals surface area (Å²) in [6.07, 6.45) is 3.93. The van der Waals surface area contributed by atoms with Gasteiger partial charge in [-0.15, -0.1) is 11.8 Å². The Morgan fingerprint density at radius 1 is 1.22 bits per heavy atom. The SMILES string of the molecule is CCNC(C)CCCCSc1ccc(C)cc1C. The quantitative estimate of drug-likeness (QED) is 0.546. The van der Waals surface area contributed by atoms with Gasteiger partial charge >= 0.3 is 0 Å². The van der Waals surface area contributed by atoms with Crippen LogP contribution in [0.4, 0.5) is 0 Å². The summed E-state index contributed by atoms with van der Waals surface area (Å²) in [6.45, 7) is 9.90. The first kappa shape index (κ1) is 15.6. The predicted octanol–water partition coefficient (Wildman–Crippen LogP) is 4.56. The third-order valence-electron chi connectivity index (χ3n) is 3.17. The standard InChI is InChI=1S/C16H27NS/c1-5-17-15(4)8-6-7-11-18-16-10-9-13(2)12-14(16)3/h9-10,12,15,17H,5-8,11H2,1-4H3. The van der Waals surface area contributed by atoms with Gasteiger partial charge in [0.15, 0.2) is 0 Å². The molecule has 0 bridgehead atoms. The zero-order valence-corrected chi connectivity index (χ0v) is 13.1. The van der Waals surface area contributed by atoms with Gasteiger partial charge in [0.2, 0.25) is 0 Å². The van der Waals surface area contributed by atoms with E-state index in [-0.39, 0.29) is 0 Å². The van der Waals surface area contributed by atoms with Crippen molar-refractivity contribution in [1.82, 2.24) is 5.32 Å². The highest BCUT2D eigenvalue weighted by molar-refractivity contribution is 7.99. The molecule has 0 spiro atoms. The largest absolute Gasteiger partial charge is 0.315 e. The first-order valence-corrected chi connectivity index (χ1v) is 8.05. The Hall–Kier alpha value is -0.470. The molecule has 102 valence electrons. The molecule has 0 aliphatic carbocycles. The molecule has 0 saturated heterocycles. The number of hydrogen-bond donors (Lipinski definition) is 1. The average molecular weight is 265 g/mol. The molecule has 1 nitrogen and oxygen atoms in total. The van der Waals surface area contributed by atoms with Crippen molar-refractivity contribution >= 4 is 11.8 Å². The number of hydrogen-bond acceptors (Lipinski definition) is 2. The summed E-state index contributed by atoms with van der Waals surface area (Å²) >= 11 is 2.00. The van der Waals surface area contributed by atoms with E-state index >= 15 is 0 Å². The maximum Gasteiger partial charge on any atom is 0.0101 e. The second kappa shape index (κ2) is 8.60. The van der Waals surface area contributed by atoms with E-state index in [1.807, 2.05) is 11.8 Å². The molecule has 1 unspecified atom stereocenters. The number of nitrogens with one attached hydrogen (secondary N) is 1. The van der Waals surface area contributed by atoms with Gasteiger partial charge in [0.1, 0.15) is 0 Å². The molecule has 1 atom stereocenters. The van der Waals surface area contributed by atoms with Gasteiger partial charge in [0.25, 0.3) is 0 Å². The van der Waals surface area contributed by atoms with Crippen LogP contribution in [0, 0.1) is 13.8 Å². The van der Waals surface area contributed by atoms with Crippen LogP contribution >= 0.6 is 11.8 Å². The number of rotatable bonds is 8. The van der Waals surface area contributed by atoms with Gasteiger partial charge in [0.05, 0.1) is 0 Å². The van der Waals surface area contributed by atoms with Crippen molar-refractivity contribution in [2.75, 3.05) is 12.3 Å². The first-order chi connectivity index (χ1) is 8.63. The molecule has 0 heterocycles. The Morgan fingerprint density at radius 2 is 2.00 bits per heavy atom. The van der Waals surface area contributed by atoms with Crippen molar-refractivity contribution in [3.8, 4) is 0 Å². The van der Waals surface area contributed by atoms with Gasteiger partial charge < -0.3 is 5.32 Å². The molecular formula is C16H27NS. The minimum atomic E-state index is 0.668. The van der Waals surface area contributed by atoms with Crippen LogP contribution in [0.1, 0.15) is 44.2 Å². The Bertz CT molecular complexity index is 349. The van der Waals surface area contributed by atoms with Gasteiger partial charge in [-0.3, -0.25) is 0 Å².